The van der Waals surface area contributed by atoms with Crippen LogP contribution in [0.25, 0.3) is 10.9 Å². The lowest BCUT2D eigenvalue weighted by Crippen LogP contribution is -2.40. The van der Waals surface area contributed by atoms with Gasteiger partial charge in [-0.3, -0.25) is 4.98 Å². The average Bonchev–Trinajstić information content (AvgIpc) is 2.55. The minimum Gasteiger partial charge on any atom is -0.381 e. The van der Waals surface area contributed by atoms with E-state index in [0.717, 1.165) is 44.5 Å². The van der Waals surface area contributed by atoms with Crippen molar-refractivity contribution in [3.05, 3.63) is 42.1 Å². The predicted molar refractivity (Wildman–Crippen MR) is 86.5 cm³/mol. The van der Waals surface area contributed by atoms with Crippen molar-refractivity contribution < 1.29 is 4.74 Å². The highest BCUT2D eigenvalue weighted by molar-refractivity contribution is 5.78. The fraction of sp³-hybridized carbons (Fsp3) is 0.500. The standard InChI is InChI=1S/C18H24N2O/c1-2-19-18(15-9-11-21-12-10-15)13-16-8-7-14-5-3-4-6-17(14)20-16/h3-8,15,18-19H,2,9-13H2,1H3. The number of pyridine rings is 1. The number of rotatable bonds is 5. The number of nitrogens with zero attached hydrogens (tertiary/aromatic N) is 1. The summed E-state index contributed by atoms with van der Waals surface area (Å²) in [5, 5.41) is 4.87. The maximum absolute atomic E-state index is 5.49. The van der Waals surface area contributed by atoms with Crippen molar-refractivity contribution in [1.82, 2.24) is 10.3 Å². The van der Waals surface area contributed by atoms with Gasteiger partial charge in [0.2, 0.25) is 0 Å². The first-order chi connectivity index (χ1) is 10.4. The first-order valence-electron chi connectivity index (χ1n) is 8.02. The molecule has 1 saturated heterocycles. The number of ether oxygens (including phenoxy) is 1. The Labute approximate surface area is 126 Å². The van der Waals surface area contributed by atoms with Crippen molar-refractivity contribution in [2.45, 2.75) is 32.2 Å². The molecule has 0 amide bonds. The van der Waals surface area contributed by atoms with Gasteiger partial charge in [-0.2, -0.15) is 0 Å². The van der Waals surface area contributed by atoms with Crippen LogP contribution in [0.3, 0.4) is 0 Å². The molecule has 21 heavy (non-hydrogen) atoms. The zero-order valence-electron chi connectivity index (χ0n) is 12.7. The van der Waals surface area contributed by atoms with E-state index in [4.69, 9.17) is 9.72 Å². The Balaban J connectivity index is 1.76. The van der Waals surface area contributed by atoms with Crippen LogP contribution in [-0.2, 0) is 11.2 Å². The average molecular weight is 284 g/mol. The molecule has 112 valence electrons. The molecule has 3 heteroatoms. The third kappa shape index (κ3) is 3.60. The van der Waals surface area contributed by atoms with Crippen molar-refractivity contribution in [2.75, 3.05) is 19.8 Å². The molecule has 1 aromatic heterocycles. The van der Waals surface area contributed by atoms with Gasteiger partial charge in [0.1, 0.15) is 0 Å². The largest absolute Gasteiger partial charge is 0.381 e. The van der Waals surface area contributed by atoms with Gasteiger partial charge in [0.05, 0.1) is 5.52 Å². The molecule has 2 aromatic rings. The van der Waals surface area contributed by atoms with E-state index >= 15 is 0 Å². The van der Waals surface area contributed by atoms with E-state index in [1.54, 1.807) is 0 Å². The normalized spacial score (nSPS) is 18.0. The molecule has 1 fully saturated rings. The highest BCUT2D eigenvalue weighted by Gasteiger charge is 2.23. The van der Waals surface area contributed by atoms with Gasteiger partial charge >= 0.3 is 0 Å². The molecule has 0 aliphatic carbocycles. The van der Waals surface area contributed by atoms with Crippen LogP contribution in [0.4, 0.5) is 0 Å². The topological polar surface area (TPSA) is 34.2 Å². The van der Waals surface area contributed by atoms with Crippen molar-refractivity contribution in [1.29, 1.82) is 0 Å². The van der Waals surface area contributed by atoms with Crippen LogP contribution < -0.4 is 5.32 Å². The Hall–Kier alpha value is -1.45. The second-order valence-electron chi connectivity index (χ2n) is 5.81. The number of benzene rings is 1. The Morgan fingerprint density at radius 2 is 2.00 bits per heavy atom. The molecule has 1 aliphatic heterocycles. The molecule has 3 nitrogen and oxygen atoms in total. The molecular weight excluding hydrogens is 260 g/mol. The minimum absolute atomic E-state index is 0.507. The van der Waals surface area contributed by atoms with Crippen LogP contribution in [0, 0.1) is 5.92 Å². The van der Waals surface area contributed by atoms with Crippen molar-refractivity contribution in [3.8, 4) is 0 Å². The van der Waals surface area contributed by atoms with Gasteiger partial charge in [0.25, 0.3) is 0 Å². The quantitative estimate of drug-likeness (QED) is 0.915. The first-order valence-corrected chi connectivity index (χ1v) is 8.02. The highest BCUT2D eigenvalue weighted by atomic mass is 16.5. The third-order valence-electron chi connectivity index (χ3n) is 4.39. The summed E-state index contributed by atoms with van der Waals surface area (Å²) in [6.45, 7) is 4.99. The van der Waals surface area contributed by atoms with Gasteiger partial charge in [-0.1, -0.05) is 31.2 Å². The molecule has 3 rings (SSSR count). The SMILES string of the molecule is CCNC(Cc1ccc2ccccc2n1)C1CCOCC1. The second kappa shape index (κ2) is 7.01. The fourth-order valence-corrected chi connectivity index (χ4v) is 3.23. The number of aromatic nitrogens is 1. The molecule has 1 aromatic carbocycles. The zero-order valence-corrected chi connectivity index (χ0v) is 12.7. The van der Waals surface area contributed by atoms with E-state index in [-0.39, 0.29) is 0 Å². The van der Waals surface area contributed by atoms with Crippen LogP contribution in [0.2, 0.25) is 0 Å². The molecule has 1 unspecified atom stereocenters. The molecule has 0 bridgehead atoms. The van der Waals surface area contributed by atoms with Gasteiger partial charge in [-0.15, -0.1) is 0 Å². The summed E-state index contributed by atoms with van der Waals surface area (Å²) in [7, 11) is 0. The molecular formula is C18H24N2O. The Bertz CT molecular complexity index is 578. The number of likely N-dealkylation sites (N-methyl/N-ethyl adjacent to an activating group) is 1. The van der Waals surface area contributed by atoms with Gasteiger partial charge in [0.15, 0.2) is 0 Å². The molecule has 2 heterocycles. The van der Waals surface area contributed by atoms with E-state index in [2.05, 4.69) is 48.6 Å². The summed E-state index contributed by atoms with van der Waals surface area (Å²) < 4.78 is 5.49. The molecule has 1 aliphatic rings. The van der Waals surface area contributed by atoms with Gasteiger partial charge in [-0.05, 0) is 37.4 Å². The Morgan fingerprint density at radius 3 is 2.81 bits per heavy atom. The lowest BCUT2D eigenvalue weighted by atomic mass is 9.88. The number of hydrogen-bond acceptors (Lipinski definition) is 3. The highest BCUT2D eigenvalue weighted by Crippen LogP contribution is 2.22. The van der Waals surface area contributed by atoms with Gasteiger partial charge in [0, 0.05) is 36.8 Å². The summed E-state index contributed by atoms with van der Waals surface area (Å²) in [6, 6.07) is 13.2. The van der Waals surface area contributed by atoms with Gasteiger partial charge < -0.3 is 10.1 Å². The van der Waals surface area contributed by atoms with Crippen molar-refractivity contribution in [2.24, 2.45) is 5.92 Å². The van der Waals surface area contributed by atoms with E-state index in [1.165, 1.54) is 11.1 Å². The van der Waals surface area contributed by atoms with Crippen LogP contribution in [0.1, 0.15) is 25.5 Å². The van der Waals surface area contributed by atoms with E-state index in [9.17, 15) is 0 Å². The van der Waals surface area contributed by atoms with E-state index in [1.807, 2.05) is 0 Å². The Morgan fingerprint density at radius 1 is 1.19 bits per heavy atom. The fourth-order valence-electron chi connectivity index (χ4n) is 3.23. The molecule has 0 spiro atoms. The van der Waals surface area contributed by atoms with E-state index < -0.39 is 0 Å². The summed E-state index contributed by atoms with van der Waals surface area (Å²) in [4.78, 5) is 4.82. The van der Waals surface area contributed by atoms with Crippen LogP contribution in [0.15, 0.2) is 36.4 Å². The maximum Gasteiger partial charge on any atom is 0.0705 e. The molecule has 0 radical (unpaired) electrons. The van der Waals surface area contributed by atoms with Crippen LogP contribution in [-0.4, -0.2) is 30.8 Å². The Kier molecular flexibility index (Phi) is 4.84. The number of fused-ring (bicyclic) bond motifs is 1. The lowest BCUT2D eigenvalue weighted by Gasteiger charge is -2.30. The number of hydrogen-bond donors (Lipinski definition) is 1. The predicted octanol–water partition coefficient (Wildman–Crippen LogP) is 3.18. The maximum atomic E-state index is 5.49. The van der Waals surface area contributed by atoms with Crippen LogP contribution in [0.5, 0.6) is 0 Å². The summed E-state index contributed by atoms with van der Waals surface area (Å²) in [5.74, 6) is 0.701. The zero-order chi connectivity index (χ0) is 14.5. The third-order valence-corrected chi connectivity index (χ3v) is 4.39. The smallest absolute Gasteiger partial charge is 0.0705 e. The van der Waals surface area contributed by atoms with E-state index in [0.29, 0.717) is 12.0 Å². The van der Waals surface area contributed by atoms with Gasteiger partial charge in [-0.25, -0.2) is 0 Å². The summed E-state index contributed by atoms with van der Waals surface area (Å²) in [6.07, 6.45) is 3.32. The van der Waals surface area contributed by atoms with Crippen molar-refractivity contribution >= 4 is 10.9 Å². The lowest BCUT2D eigenvalue weighted by molar-refractivity contribution is 0.0538. The minimum atomic E-state index is 0.507. The molecule has 0 saturated carbocycles. The summed E-state index contributed by atoms with van der Waals surface area (Å²) in [5.41, 5.74) is 2.28. The molecule has 1 N–H and O–H groups in total. The van der Waals surface area contributed by atoms with Crippen molar-refractivity contribution in [3.63, 3.8) is 0 Å². The molecule has 1 atom stereocenters. The van der Waals surface area contributed by atoms with Crippen LogP contribution >= 0.6 is 0 Å². The second-order valence-corrected chi connectivity index (χ2v) is 5.81. The monoisotopic (exact) mass is 284 g/mol. The summed E-state index contributed by atoms with van der Waals surface area (Å²) >= 11 is 0. The number of para-hydroxylation sites is 1. The number of nitrogens with one attached hydrogen (secondary N) is 1. The first kappa shape index (κ1) is 14.5.